The molecule has 4 rings (SSSR count). The van der Waals surface area contributed by atoms with E-state index in [-0.39, 0.29) is 12.5 Å². The van der Waals surface area contributed by atoms with Gasteiger partial charge in [0.05, 0.1) is 0 Å². The van der Waals surface area contributed by atoms with Crippen molar-refractivity contribution < 1.29 is 42.9 Å². The monoisotopic (exact) mass is 570 g/mol. The van der Waals surface area contributed by atoms with Gasteiger partial charge in [-0.3, -0.25) is 19.2 Å². The topological polar surface area (TPSA) is 114 Å². The highest BCUT2D eigenvalue weighted by molar-refractivity contribution is 7.99. The van der Waals surface area contributed by atoms with E-state index in [9.17, 15) is 19.2 Å². The second-order valence-electron chi connectivity index (χ2n) is 9.88. The fourth-order valence-electron chi connectivity index (χ4n) is 5.17. The number of thioether (sulfide) groups is 1. The molecule has 6 atom stereocenters. The summed E-state index contributed by atoms with van der Waals surface area (Å²) in [5.41, 5.74) is 4.26. The van der Waals surface area contributed by atoms with Crippen LogP contribution in [-0.4, -0.2) is 60.7 Å². The highest BCUT2D eigenvalue weighted by Crippen LogP contribution is 2.46. The molecule has 40 heavy (non-hydrogen) atoms. The largest absolute Gasteiger partial charge is 0.463 e. The summed E-state index contributed by atoms with van der Waals surface area (Å²) in [6.07, 6.45) is -4.45. The quantitative estimate of drug-likeness (QED) is 0.336. The summed E-state index contributed by atoms with van der Waals surface area (Å²) in [5, 5.41) is 0. The van der Waals surface area contributed by atoms with Gasteiger partial charge >= 0.3 is 23.9 Å². The molecule has 0 amide bonds. The zero-order valence-corrected chi connectivity index (χ0v) is 24.0. The van der Waals surface area contributed by atoms with Crippen LogP contribution in [0.1, 0.15) is 68.9 Å². The number of benzene rings is 2. The van der Waals surface area contributed by atoms with Crippen molar-refractivity contribution in [3.05, 3.63) is 64.7 Å². The van der Waals surface area contributed by atoms with Gasteiger partial charge in [-0.25, -0.2) is 0 Å². The summed E-state index contributed by atoms with van der Waals surface area (Å²) in [6, 6.07) is 14.5. The first-order valence-electron chi connectivity index (χ1n) is 13.2. The van der Waals surface area contributed by atoms with E-state index in [0.717, 1.165) is 22.6 Å². The van der Waals surface area contributed by atoms with Crippen molar-refractivity contribution in [3.63, 3.8) is 0 Å². The molecule has 2 aromatic carbocycles. The van der Waals surface area contributed by atoms with Crippen molar-refractivity contribution >= 4 is 35.6 Å². The van der Waals surface area contributed by atoms with Gasteiger partial charge in [-0.15, -0.1) is 11.8 Å². The lowest BCUT2D eigenvalue weighted by Crippen LogP contribution is -2.59. The van der Waals surface area contributed by atoms with Gasteiger partial charge in [0.15, 0.2) is 18.3 Å². The van der Waals surface area contributed by atoms with Crippen LogP contribution in [0.25, 0.3) is 0 Å². The third kappa shape index (κ3) is 6.85. The van der Waals surface area contributed by atoms with Crippen LogP contribution in [0.2, 0.25) is 0 Å². The molecule has 2 aromatic rings. The van der Waals surface area contributed by atoms with Gasteiger partial charge in [0, 0.05) is 44.3 Å². The molecular formula is C30H34O9S. The maximum atomic E-state index is 12.2. The molecule has 9 nitrogen and oxygen atoms in total. The normalized spacial score (nSPS) is 25.4. The van der Waals surface area contributed by atoms with Crippen molar-refractivity contribution in [1.82, 2.24) is 0 Å². The minimum atomic E-state index is -1.20. The molecule has 2 heterocycles. The van der Waals surface area contributed by atoms with Gasteiger partial charge in [0.1, 0.15) is 18.8 Å². The second kappa shape index (κ2) is 12.9. The van der Waals surface area contributed by atoms with Crippen LogP contribution in [0.3, 0.4) is 0 Å². The Morgan fingerprint density at radius 3 is 2.00 bits per heavy atom. The van der Waals surface area contributed by atoms with Crippen molar-refractivity contribution in [2.45, 2.75) is 82.4 Å². The Morgan fingerprint density at radius 2 is 1.40 bits per heavy atom. The number of ether oxygens (including phenoxy) is 5. The Hall–Kier alpha value is -3.37. The van der Waals surface area contributed by atoms with E-state index in [4.69, 9.17) is 23.7 Å². The van der Waals surface area contributed by atoms with E-state index >= 15 is 0 Å². The van der Waals surface area contributed by atoms with Gasteiger partial charge in [-0.05, 0) is 34.7 Å². The summed E-state index contributed by atoms with van der Waals surface area (Å²) in [5.74, 6) is -1.47. The average molecular weight is 571 g/mol. The highest BCUT2D eigenvalue weighted by Gasteiger charge is 2.52. The van der Waals surface area contributed by atoms with E-state index in [1.165, 1.54) is 38.8 Å². The van der Waals surface area contributed by atoms with Crippen LogP contribution < -0.4 is 0 Å². The van der Waals surface area contributed by atoms with Crippen LogP contribution in [-0.2, 0) is 49.3 Å². The first-order valence-corrected chi connectivity index (χ1v) is 14.2. The molecule has 0 aromatic heterocycles. The summed E-state index contributed by atoms with van der Waals surface area (Å²) in [4.78, 5) is 49.2. The number of esters is 4. The Bertz CT molecular complexity index is 1260. The molecule has 0 bridgehead atoms. The minimum Gasteiger partial charge on any atom is -0.463 e. The van der Waals surface area contributed by atoms with Gasteiger partial charge in [0.2, 0.25) is 0 Å². The minimum absolute atomic E-state index is 0.150. The number of aryl methyl sites for hydroxylation is 1. The first-order chi connectivity index (χ1) is 19.1. The fourth-order valence-corrected chi connectivity index (χ4v) is 6.42. The molecule has 1 fully saturated rings. The lowest BCUT2D eigenvalue weighted by molar-refractivity contribution is -0.254. The summed E-state index contributed by atoms with van der Waals surface area (Å²) >= 11 is 1.77. The fraction of sp³-hybridized carbons (Fsp3) is 0.467. The molecule has 0 saturated carbocycles. The number of hydrogen-bond donors (Lipinski definition) is 0. The lowest BCUT2D eigenvalue weighted by Gasteiger charge is -2.44. The van der Waals surface area contributed by atoms with E-state index < -0.39 is 54.4 Å². The van der Waals surface area contributed by atoms with Crippen LogP contribution in [0, 0.1) is 0 Å². The van der Waals surface area contributed by atoms with E-state index in [2.05, 4.69) is 31.2 Å². The number of carbonyl (C=O) groups is 4. The zero-order valence-electron chi connectivity index (χ0n) is 23.2. The summed E-state index contributed by atoms with van der Waals surface area (Å²) in [6.45, 7) is 6.76. The summed E-state index contributed by atoms with van der Waals surface area (Å²) in [7, 11) is 0. The van der Waals surface area contributed by atoms with Gasteiger partial charge in [-0.2, -0.15) is 0 Å². The number of rotatable bonds is 8. The molecule has 214 valence electrons. The van der Waals surface area contributed by atoms with Gasteiger partial charge in [0.25, 0.3) is 0 Å². The predicted octanol–water partition coefficient (Wildman–Crippen LogP) is 4.28. The highest BCUT2D eigenvalue weighted by atomic mass is 32.2. The second-order valence-corrected chi connectivity index (χ2v) is 10.9. The summed E-state index contributed by atoms with van der Waals surface area (Å²) < 4.78 is 28.3. The zero-order chi connectivity index (χ0) is 29.0. The molecule has 2 aliphatic heterocycles. The van der Waals surface area contributed by atoms with Crippen LogP contribution in [0.4, 0.5) is 0 Å². The Kier molecular flexibility index (Phi) is 9.52. The maximum Gasteiger partial charge on any atom is 0.303 e. The lowest BCUT2D eigenvalue weighted by atomic mass is 9.87. The molecular weight excluding hydrogens is 536 g/mol. The smallest absolute Gasteiger partial charge is 0.303 e. The van der Waals surface area contributed by atoms with E-state index in [1.54, 1.807) is 11.8 Å². The van der Waals surface area contributed by atoms with Crippen LogP contribution in [0.5, 0.6) is 0 Å². The van der Waals surface area contributed by atoms with Crippen LogP contribution in [0.15, 0.2) is 47.4 Å². The van der Waals surface area contributed by atoms with Gasteiger partial charge < -0.3 is 23.7 Å². The first kappa shape index (κ1) is 29.6. The molecule has 2 aliphatic rings. The van der Waals surface area contributed by atoms with Crippen molar-refractivity contribution in [1.29, 1.82) is 0 Å². The molecule has 0 N–H and O–H groups in total. The van der Waals surface area contributed by atoms with Crippen LogP contribution >= 0.6 is 11.8 Å². The Balaban J connectivity index is 1.76. The molecule has 0 aliphatic carbocycles. The van der Waals surface area contributed by atoms with Gasteiger partial charge in [-0.1, -0.05) is 43.3 Å². The molecule has 1 saturated heterocycles. The Morgan fingerprint density at radius 1 is 0.800 bits per heavy atom. The predicted molar refractivity (Wildman–Crippen MR) is 146 cm³/mol. The number of carbonyl (C=O) groups excluding carboxylic acids is 4. The van der Waals surface area contributed by atoms with E-state index in [1.807, 2.05) is 18.2 Å². The number of hydrogen-bond acceptors (Lipinski definition) is 10. The standard InChI is InChI=1S/C30H34O9S/c1-6-20-7-9-21(10-8-20)24-15-40-26-12-11-22(13-23(24)26)27-29(37-18(4)33)30(38-19(5)34)28(36-17(3)32)25(39-27)14-35-16(2)31/h7-13,24-25,27-30H,6,14-15H2,1-5H3/t24-,25?,27?,28?,29?,30?/m0/s1. The average Bonchev–Trinajstić information content (AvgIpc) is 3.32. The third-order valence-corrected chi connectivity index (χ3v) is 8.11. The Labute approximate surface area is 237 Å². The molecule has 10 heteroatoms. The molecule has 0 radical (unpaired) electrons. The molecule has 5 unspecified atom stereocenters. The van der Waals surface area contributed by atoms with Crippen molar-refractivity contribution in [2.24, 2.45) is 0 Å². The number of fused-ring (bicyclic) bond motifs is 1. The van der Waals surface area contributed by atoms with Crippen molar-refractivity contribution in [3.8, 4) is 0 Å². The van der Waals surface area contributed by atoms with E-state index in [0.29, 0.717) is 5.56 Å². The third-order valence-electron chi connectivity index (χ3n) is 6.92. The molecule has 0 spiro atoms. The maximum absolute atomic E-state index is 12.2. The SMILES string of the molecule is CCc1ccc([C@@H]2CSc3ccc(C4OC(COC(C)=O)C(OC(C)=O)C(OC(C)=O)C4OC(C)=O)cc32)cc1. The van der Waals surface area contributed by atoms with Crippen molar-refractivity contribution in [2.75, 3.05) is 12.4 Å².